The van der Waals surface area contributed by atoms with Crippen molar-refractivity contribution < 1.29 is 4.74 Å². The van der Waals surface area contributed by atoms with Gasteiger partial charge in [-0.1, -0.05) is 0 Å². The fourth-order valence-electron chi connectivity index (χ4n) is 3.04. The highest BCUT2D eigenvalue weighted by Crippen LogP contribution is 2.17. The Labute approximate surface area is 118 Å². The molecule has 1 N–H and O–H groups in total. The average Bonchev–Trinajstić information content (AvgIpc) is 2.39. The van der Waals surface area contributed by atoms with E-state index < -0.39 is 0 Å². The van der Waals surface area contributed by atoms with Gasteiger partial charge < -0.3 is 15.0 Å². The summed E-state index contributed by atoms with van der Waals surface area (Å²) in [6.07, 6.45) is 2.66. The lowest BCUT2D eigenvalue weighted by Crippen LogP contribution is -2.52. The van der Waals surface area contributed by atoms with E-state index in [2.05, 4.69) is 35.9 Å². The van der Waals surface area contributed by atoms with Crippen molar-refractivity contribution in [2.75, 3.05) is 52.4 Å². The van der Waals surface area contributed by atoms with E-state index in [1.807, 2.05) is 0 Å². The van der Waals surface area contributed by atoms with Crippen LogP contribution in [0.4, 0.5) is 0 Å². The summed E-state index contributed by atoms with van der Waals surface area (Å²) in [5.74, 6) is 0. The zero-order valence-corrected chi connectivity index (χ0v) is 13.0. The summed E-state index contributed by atoms with van der Waals surface area (Å²) in [6.45, 7) is 15.6. The molecule has 0 aromatic heterocycles. The van der Waals surface area contributed by atoms with Gasteiger partial charge in [0, 0.05) is 38.8 Å². The van der Waals surface area contributed by atoms with Crippen molar-refractivity contribution in [3.63, 3.8) is 0 Å². The highest BCUT2D eigenvalue weighted by atomic mass is 16.5. The Morgan fingerprint density at radius 2 is 1.68 bits per heavy atom. The molecule has 0 radical (unpaired) electrons. The predicted octanol–water partition coefficient (Wildman–Crippen LogP) is 1.17. The van der Waals surface area contributed by atoms with Crippen LogP contribution in [0.15, 0.2) is 0 Å². The SMILES string of the molecule is CC(C)(C)OCCN1CCC(N2CCNCC2)CC1. The molecule has 2 aliphatic rings. The minimum atomic E-state index is -0.000870. The van der Waals surface area contributed by atoms with Gasteiger partial charge in [0.05, 0.1) is 12.2 Å². The second-order valence-corrected chi connectivity index (χ2v) is 6.82. The maximum Gasteiger partial charge on any atom is 0.0600 e. The number of likely N-dealkylation sites (tertiary alicyclic amines) is 1. The Morgan fingerprint density at radius 3 is 2.26 bits per heavy atom. The highest BCUT2D eigenvalue weighted by molar-refractivity contribution is 4.82. The Kier molecular flexibility index (Phi) is 5.63. The number of hydrogen-bond donors (Lipinski definition) is 1. The van der Waals surface area contributed by atoms with Crippen molar-refractivity contribution in [2.45, 2.75) is 45.3 Å². The van der Waals surface area contributed by atoms with Crippen LogP contribution < -0.4 is 5.32 Å². The summed E-state index contributed by atoms with van der Waals surface area (Å²) in [5, 5.41) is 3.44. The van der Waals surface area contributed by atoms with Crippen LogP contribution in [0.5, 0.6) is 0 Å². The van der Waals surface area contributed by atoms with Gasteiger partial charge in [0.1, 0.15) is 0 Å². The van der Waals surface area contributed by atoms with Gasteiger partial charge in [0.2, 0.25) is 0 Å². The number of nitrogens with one attached hydrogen (secondary N) is 1. The van der Waals surface area contributed by atoms with Gasteiger partial charge in [0.25, 0.3) is 0 Å². The molecule has 4 heteroatoms. The minimum Gasteiger partial charge on any atom is -0.375 e. The van der Waals surface area contributed by atoms with Gasteiger partial charge in [-0.3, -0.25) is 4.90 Å². The van der Waals surface area contributed by atoms with E-state index in [-0.39, 0.29) is 5.60 Å². The minimum absolute atomic E-state index is 0.000870. The number of nitrogens with zero attached hydrogens (tertiary/aromatic N) is 2. The third-order valence-corrected chi connectivity index (χ3v) is 4.17. The molecule has 0 atom stereocenters. The lowest BCUT2D eigenvalue weighted by molar-refractivity contribution is -0.0179. The predicted molar refractivity (Wildman–Crippen MR) is 79.6 cm³/mol. The molecule has 0 aliphatic carbocycles. The molecular formula is C15H31N3O. The molecule has 2 fully saturated rings. The molecule has 0 aromatic carbocycles. The number of rotatable bonds is 4. The topological polar surface area (TPSA) is 27.7 Å². The molecule has 4 nitrogen and oxygen atoms in total. The Hall–Kier alpha value is -0.160. The molecule has 0 spiro atoms. The van der Waals surface area contributed by atoms with Gasteiger partial charge in [0.15, 0.2) is 0 Å². The summed E-state index contributed by atoms with van der Waals surface area (Å²) in [4.78, 5) is 5.24. The van der Waals surface area contributed by atoms with Crippen LogP contribution in [0.3, 0.4) is 0 Å². The summed E-state index contributed by atoms with van der Waals surface area (Å²) < 4.78 is 5.81. The quantitative estimate of drug-likeness (QED) is 0.829. The van der Waals surface area contributed by atoms with Gasteiger partial charge >= 0.3 is 0 Å². The van der Waals surface area contributed by atoms with Crippen molar-refractivity contribution >= 4 is 0 Å². The van der Waals surface area contributed by atoms with Crippen molar-refractivity contribution in [3.8, 4) is 0 Å². The van der Waals surface area contributed by atoms with E-state index in [9.17, 15) is 0 Å². The largest absolute Gasteiger partial charge is 0.375 e. The van der Waals surface area contributed by atoms with Crippen molar-refractivity contribution in [2.24, 2.45) is 0 Å². The van der Waals surface area contributed by atoms with E-state index in [0.717, 1.165) is 19.2 Å². The average molecular weight is 269 g/mol. The van der Waals surface area contributed by atoms with Gasteiger partial charge in [-0.25, -0.2) is 0 Å². The lowest BCUT2D eigenvalue weighted by Gasteiger charge is -2.40. The number of piperazine rings is 1. The smallest absolute Gasteiger partial charge is 0.0600 e. The summed E-state index contributed by atoms with van der Waals surface area (Å²) in [5.41, 5.74) is -0.000870. The first-order valence-corrected chi connectivity index (χ1v) is 7.86. The molecule has 19 heavy (non-hydrogen) atoms. The first-order chi connectivity index (χ1) is 9.04. The third-order valence-electron chi connectivity index (χ3n) is 4.17. The van der Waals surface area contributed by atoms with E-state index in [1.54, 1.807) is 0 Å². The molecule has 0 saturated carbocycles. The van der Waals surface area contributed by atoms with E-state index in [4.69, 9.17) is 4.74 Å². The fraction of sp³-hybridized carbons (Fsp3) is 1.00. The van der Waals surface area contributed by atoms with E-state index >= 15 is 0 Å². The van der Waals surface area contributed by atoms with Crippen LogP contribution in [0.1, 0.15) is 33.6 Å². The lowest BCUT2D eigenvalue weighted by atomic mass is 10.0. The zero-order chi connectivity index (χ0) is 13.7. The van der Waals surface area contributed by atoms with Crippen molar-refractivity contribution in [1.29, 1.82) is 0 Å². The number of hydrogen-bond acceptors (Lipinski definition) is 4. The number of piperidine rings is 1. The Balaban J connectivity index is 1.62. The van der Waals surface area contributed by atoms with Gasteiger partial charge in [-0.05, 0) is 46.7 Å². The summed E-state index contributed by atoms with van der Waals surface area (Å²) in [7, 11) is 0. The molecule has 2 saturated heterocycles. The number of ether oxygens (including phenoxy) is 1. The van der Waals surface area contributed by atoms with Crippen molar-refractivity contribution in [3.05, 3.63) is 0 Å². The monoisotopic (exact) mass is 269 g/mol. The fourth-order valence-corrected chi connectivity index (χ4v) is 3.04. The van der Waals surface area contributed by atoms with Crippen LogP contribution in [0.25, 0.3) is 0 Å². The maximum absolute atomic E-state index is 5.81. The van der Waals surface area contributed by atoms with E-state index in [0.29, 0.717) is 0 Å². The molecule has 0 aromatic rings. The second kappa shape index (κ2) is 7.02. The Morgan fingerprint density at radius 1 is 1.05 bits per heavy atom. The molecule has 2 rings (SSSR count). The molecular weight excluding hydrogens is 238 g/mol. The molecule has 0 unspecified atom stereocenters. The maximum atomic E-state index is 5.81. The first-order valence-electron chi connectivity index (χ1n) is 7.86. The molecule has 2 aliphatic heterocycles. The Bertz CT molecular complexity index is 251. The van der Waals surface area contributed by atoms with Crippen LogP contribution in [-0.2, 0) is 4.74 Å². The first kappa shape index (κ1) is 15.2. The molecule has 0 amide bonds. The third kappa shape index (κ3) is 5.38. The summed E-state index contributed by atoms with van der Waals surface area (Å²) in [6, 6.07) is 0.821. The van der Waals surface area contributed by atoms with Crippen LogP contribution in [-0.4, -0.2) is 73.9 Å². The molecule has 2 heterocycles. The molecule has 112 valence electrons. The molecule has 0 bridgehead atoms. The normalized spacial score (nSPS) is 24.8. The van der Waals surface area contributed by atoms with Gasteiger partial charge in [-0.2, -0.15) is 0 Å². The van der Waals surface area contributed by atoms with Gasteiger partial charge in [-0.15, -0.1) is 0 Å². The van der Waals surface area contributed by atoms with E-state index in [1.165, 1.54) is 52.1 Å². The van der Waals surface area contributed by atoms with Crippen molar-refractivity contribution in [1.82, 2.24) is 15.1 Å². The highest BCUT2D eigenvalue weighted by Gasteiger charge is 2.25. The summed E-state index contributed by atoms with van der Waals surface area (Å²) >= 11 is 0. The standard InChI is InChI=1S/C15H31N3O/c1-15(2,3)19-13-12-17-8-4-14(5-9-17)18-10-6-16-7-11-18/h14,16H,4-13H2,1-3H3. The van der Waals surface area contributed by atoms with Crippen LogP contribution in [0, 0.1) is 0 Å². The van der Waals surface area contributed by atoms with Crippen LogP contribution in [0.2, 0.25) is 0 Å². The zero-order valence-electron chi connectivity index (χ0n) is 13.0. The van der Waals surface area contributed by atoms with Crippen LogP contribution >= 0.6 is 0 Å². The second-order valence-electron chi connectivity index (χ2n) is 6.82.